The van der Waals surface area contributed by atoms with E-state index in [0.717, 1.165) is 66.6 Å². The summed E-state index contributed by atoms with van der Waals surface area (Å²) < 4.78 is 9.65. The molecule has 0 atom stereocenters. The van der Waals surface area contributed by atoms with Crippen LogP contribution in [0.25, 0.3) is 110 Å². The van der Waals surface area contributed by atoms with Gasteiger partial charge in [-0.15, -0.1) is 0 Å². The summed E-state index contributed by atoms with van der Waals surface area (Å²) in [5.41, 5.74) is 14.1. The van der Waals surface area contributed by atoms with E-state index in [9.17, 15) is 5.26 Å². The molecule has 0 radical (unpaired) electrons. The largest absolute Gasteiger partial charge is 0.309 e. The lowest BCUT2D eigenvalue weighted by Gasteiger charge is -2.11. The zero-order chi connectivity index (χ0) is 39.5. The topological polar surface area (TPSA) is 43.5 Å². The molecule has 0 amide bonds. The first-order valence-corrected chi connectivity index (χ1v) is 20.3. The predicted molar refractivity (Wildman–Crippen MR) is 249 cm³/mol. The molecule has 60 heavy (non-hydrogen) atoms. The first kappa shape index (κ1) is 32.7. The zero-order valence-electron chi connectivity index (χ0n) is 32.3. The van der Waals surface area contributed by atoms with E-state index in [0.29, 0.717) is 5.56 Å². The smallest absolute Gasteiger partial charge is 0.0991 e. The van der Waals surface area contributed by atoms with Gasteiger partial charge in [0.25, 0.3) is 0 Å². The van der Waals surface area contributed by atoms with Gasteiger partial charge in [0.2, 0.25) is 0 Å². The maximum Gasteiger partial charge on any atom is 0.0991 e. The molecule has 278 valence electrons. The lowest BCUT2D eigenvalue weighted by Crippen LogP contribution is -1.96. The SMILES string of the molecule is N#Cc1ccc2c(c1)c1c(ccc3c4ccccc4n(-c4ccccc4)c31)n2-c1ccc2c(c1)c1c(ccc3c4ccccc4n(-c4ccccc4)c31)n2-c1ccccc1. The van der Waals surface area contributed by atoms with E-state index in [1.165, 1.54) is 43.4 Å². The highest BCUT2D eigenvalue weighted by atomic mass is 15.0. The van der Waals surface area contributed by atoms with Crippen molar-refractivity contribution in [2.24, 2.45) is 0 Å². The van der Waals surface area contributed by atoms with Crippen LogP contribution in [0.3, 0.4) is 0 Å². The average molecular weight is 764 g/mol. The van der Waals surface area contributed by atoms with E-state index >= 15 is 0 Å². The van der Waals surface area contributed by atoms with E-state index in [-0.39, 0.29) is 0 Å². The van der Waals surface area contributed by atoms with Crippen molar-refractivity contribution < 1.29 is 0 Å². The van der Waals surface area contributed by atoms with Crippen LogP contribution in [0, 0.1) is 11.3 Å². The van der Waals surface area contributed by atoms with Crippen LogP contribution in [0.4, 0.5) is 0 Å². The molecule has 13 aromatic rings. The molecule has 4 heterocycles. The van der Waals surface area contributed by atoms with Gasteiger partial charge in [-0.1, -0.05) is 103 Å². The van der Waals surface area contributed by atoms with E-state index < -0.39 is 0 Å². The summed E-state index contributed by atoms with van der Waals surface area (Å²) in [5.74, 6) is 0. The molecule has 0 N–H and O–H groups in total. The van der Waals surface area contributed by atoms with Gasteiger partial charge >= 0.3 is 0 Å². The fourth-order valence-corrected chi connectivity index (χ4v) is 10.1. The summed E-state index contributed by atoms with van der Waals surface area (Å²) in [6.07, 6.45) is 0. The van der Waals surface area contributed by atoms with Crippen LogP contribution in [-0.2, 0) is 0 Å². The Labute approximate surface area is 344 Å². The van der Waals surface area contributed by atoms with Gasteiger partial charge < -0.3 is 18.3 Å². The predicted octanol–water partition coefficient (Wildman–Crippen LogP) is 13.9. The van der Waals surface area contributed by atoms with E-state index in [1.54, 1.807) is 0 Å². The number of nitrogens with zero attached hydrogens (tertiary/aromatic N) is 5. The zero-order valence-corrected chi connectivity index (χ0v) is 32.3. The second-order valence-corrected chi connectivity index (χ2v) is 15.6. The number of aromatic nitrogens is 4. The number of hydrogen-bond acceptors (Lipinski definition) is 1. The quantitative estimate of drug-likeness (QED) is 0.176. The normalized spacial score (nSPS) is 12.0. The lowest BCUT2D eigenvalue weighted by atomic mass is 10.1. The Kier molecular flexibility index (Phi) is 6.73. The number of benzene rings is 9. The summed E-state index contributed by atoms with van der Waals surface area (Å²) in [5, 5.41) is 19.6. The molecule has 13 rings (SSSR count). The molecule has 0 saturated carbocycles. The maximum atomic E-state index is 10.2. The third kappa shape index (κ3) is 4.39. The third-order valence-electron chi connectivity index (χ3n) is 12.5. The van der Waals surface area contributed by atoms with Crippen molar-refractivity contribution in [3.63, 3.8) is 0 Å². The first-order chi connectivity index (χ1) is 29.8. The number of para-hydroxylation sites is 5. The molecule has 4 aromatic heterocycles. The van der Waals surface area contributed by atoms with E-state index in [2.05, 4.69) is 218 Å². The summed E-state index contributed by atoms with van der Waals surface area (Å²) >= 11 is 0. The van der Waals surface area contributed by atoms with Crippen molar-refractivity contribution in [3.8, 4) is 28.8 Å². The van der Waals surface area contributed by atoms with Gasteiger partial charge in [-0.25, -0.2) is 0 Å². The van der Waals surface area contributed by atoms with Crippen LogP contribution in [0.2, 0.25) is 0 Å². The lowest BCUT2D eigenvalue weighted by molar-refractivity contribution is 1.16. The molecule has 9 aromatic carbocycles. The highest BCUT2D eigenvalue weighted by Gasteiger charge is 2.24. The summed E-state index contributed by atoms with van der Waals surface area (Å²) in [6.45, 7) is 0. The number of nitriles is 1. The Morgan fingerprint density at radius 2 is 0.683 bits per heavy atom. The molecular weight excluding hydrogens is 731 g/mol. The van der Waals surface area contributed by atoms with Gasteiger partial charge in [0.05, 0.1) is 55.8 Å². The molecule has 0 aliphatic rings. The Morgan fingerprint density at radius 1 is 0.283 bits per heavy atom. The molecule has 0 fully saturated rings. The van der Waals surface area contributed by atoms with Crippen molar-refractivity contribution in [2.75, 3.05) is 0 Å². The van der Waals surface area contributed by atoms with Gasteiger partial charge in [-0.05, 0) is 97.1 Å². The van der Waals surface area contributed by atoms with E-state index in [4.69, 9.17) is 0 Å². The summed E-state index contributed by atoms with van der Waals surface area (Å²) in [7, 11) is 0. The van der Waals surface area contributed by atoms with Crippen molar-refractivity contribution in [2.45, 2.75) is 0 Å². The molecule has 0 spiro atoms. The van der Waals surface area contributed by atoms with Crippen LogP contribution in [0.1, 0.15) is 5.56 Å². The molecule has 0 aliphatic carbocycles. The standard InChI is InChI=1S/C55H33N5/c56-34-35-24-28-48-44(32-35)52-51(31-27-42-40-20-10-12-22-46(40)59(54(42)52)37-16-6-2-7-17-37)58(48)39-25-29-49-45(33-39)53-50(57(49)36-14-4-1-5-15-36)30-26-43-41-21-11-13-23-47(41)60(55(43)53)38-18-8-3-9-19-38/h1-33H. The van der Waals surface area contributed by atoms with Crippen LogP contribution >= 0.6 is 0 Å². The van der Waals surface area contributed by atoms with Gasteiger partial charge in [-0.2, -0.15) is 5.26 Å². The molecule has 5 nitrogen and oxygen atoms in total. The van der Waals surface area contributed by atoms with Crippen LogP contribution in [-0.4, -0.2) is 18.3 Å². The Bertz CT molecular complexity index is 3930. The minimum absolute atomic E-state index is 0.637. The minimum atomic E-state index is 0.637. The number of rotatable bonds is 4. The fraction of sp³-hybridized carbons (Fsp3) is 0. The molecule has 0 bridgehead atoms. The Balaban J connectivity index is 1.20. The second kappa shape index (κ2) is 12.3. The first-order valence-electron chi connectivity index (χ1n) is 20.3. The molecule has 0 unspecified atom stereocenters. The van der Waals surface area contributed by atoms with Gasteiger partial charge in [0.15, 0.2) is 0 Å². The van der Waals surface area contributed by atoms with Gasteiger partial charge in [0, 0.05) is 65.8 Å². The van der Waals surface area contributed by atoms with Gasteiger partial charge in [-0.3, -0.25) is 0 Å². The molecule has 0 saturated heterocycles. The number of fused-ring (bicyclic) bond motifs is 14. The second-order valence-electron chi connectivity index (χ2n) is 15.6. The molecule has 0 aliphatic heterocycles. The third-order valence-corrected chi connectivity index (χ3v) is 12.5. The van der Waals surface area contributed by atoms with Crippen molar-refractivity contribution >= 4 is 87.2 Å². The monoisotopic (exact) mass is 763 g/mol. The summed E-state index contributed by atoms with van der Waals surface area (Å²) in [6, 6.07) is 74.1. The van der Waals surface area contributed by atoms with Crippen molar-refractivity contribution in [1.29, 1.82) is 5.26 Å². The van der Waals surface area contributed by atoms with Crippen molar-refractivity contribution in [3.05, 3.63) is 206 Å². The van der Waals surface area contributed by atoms with Crippen LogP contribution in [0.15, 0.2) is 200 Å². The fourth-order valence-electron chi connectivity index (χ4n) is 10.1. The van der Waals surface area contributed by atoms with E-state index in [1.807, 2.05) is 6.07 Å². The Morgan fingerprint density at radius 3 is 1.20 bits per heavy atom. The summed E-state index contributed by atoms with van der Waals surface area (Å²) in [4.78, 5) is 0. The Hall–Kier alpha value is -8.33. The van der Waals surface area contributed by atoms with Gasteiger partial charge in [0.1, 0.15) is 0 Å². The highest BCUT2D eigenvalue weighted by molar-refractivity contribution is 6.28. The highest BCUT2D eigenvalue weighted by Crippen LogP contribution is 2.45. The minimum Gasteiger partial charge on any atom is -0.309 e. The van der Waals surface area contributed by atoms with Crippen LogP contribution < -0.4 is 0 Å². The van der Waals surface area contributed by atoms with Crippen LogP contribution in [0.5, 0.6) is 0 Å². The molecule has 5 heteroatoms. The number of hydrogen-bond donors (Lipinski definition) is 0. The average Bonchev–Trinajstić information content (AvgIpc) is 4.04. The maximum absolute atomic E-state index is 10.2. The van der Waals surface area contributed by atoms with Crippen molar-refractivity contribution in [1.82, 2.24) is 18.3 Å². The molecular formula is C55H33N5.